The van der Waals surface area contributed by atoms with Crippen molar-refractivity contribution in [1.29, 1.82) is 0 Å². The number of rotatable bonds is 2. The standard InChI is InChI=1S/C21H23N3O2S/c25-19(23-10-9-14-5-1-2-6-15(14)12-23)11-16-13-27-21-22-18-8-4-3-7-17(18)20(26)24(16)21/h1-2,5-6,16H,3-4,7-13H2. The molecule has 0 radical (unpaired) electrons. The molecule has 0 saturated carbocycles. The van der Waals surface area contributed by atoms with Gasteiger partial charge in [-0.2, -0.15) is 0 Å². The molecule has 5 rings (SSSR count). The summed E-state index contributed by atoms with van der Waals surface area (Å²) in [5.74, 6) is 0.911. The summed E-state index contributed by atoms with van der Waals surface area (Å²) in [4.78, 5) is 32.7. The van der Waals surface area contributed by atoms with E-state index in [-0.39, 0.29) is 17.5 Å². The largest absolute Gasteiger partial charge is 0.338 e. The first-order valence-electron chi connectivity index (χ1n) is 9.82. The van der Waals surface area contributed by atoms with Gasteiger partial charge in [-0.3, -0.25) is 14.2 Å². The van der Waals surface area contributed by atoms with Crippen molar-refractivity contribution in [3.8, 4) is 0 Å². The van der Waals surface area contributed by atoms with Gasteiger partial charge in [-0.25, -0.2) is 4.98 Å². The molecule has 2 aromatic rings. The first-order chi connectivity index (χ1) is 13.2. The van der Waals surface area contributed by atoms with Gasteiger partial charge in [0.2, 0.25) is 5.91 Å². The Balaban J connectivity index is 1.36. The van der Waals surface area contributed by atoms with Crippen molar-refractivity contribution in [3.05, 3.63) is 57.0 Å². The van der Waals surface area contributed by atoms with Crippen molar-refractivity contribution in [2.24, 2.45) is 0 Å². The maximum atomic E-state index is 13.0. The third kappa shape index (κ3) is 3.00. The smallest absolute Gasteiger partial charge is 0.257 e. The van der Waals surface area contributed by atoms with Crippen molar-refractivity contribution < 1.29 is 4.79 Å². The molecule has 0 saturated heterocycles. The lowest BCUT2D eigenvalue weighted by Crippen LogP contribution is -2.38. The molecular formula is C21H23N3O2S. The second kappa shape index (κ2) is 6.82. The Morgan fingerprint density at radius 3 is 2.85 bits per heavy atom. The summed E-state index contributed by atoms with van der Waals surface area (Å²) < 4.78 is 1.81. The molecular weight excluding hydrogens is 358 g/mol. The molecule has 1 aromatic carbocycles. The van der Waals surface area contributed by atoms with E-state index >= 15 is 0 Å². The van der Waals surface area contributed by atoms with Crippen molar-refractivity contribution in [2.75, 3.05) is 12.3 Å². The van der Waals surface area contributed by atoms with Crippen LogP contribution in [-0.2, 0) is 30.6 Å². The summed E-state index contributed by atoms with van der Waals surface area (Å²) in [6.45, 7) is 1.44. The van der Waals surface area contributed by atoms with Crippen LogP contribution in [0, 0.1) is 0 Å². The monoisotopic (exact) mass is 381 g/mol. The number of hydrogen-bond donors (Lipinski definition) is 0. The second-order valence-corrected chi connectivity index (χ2v) is 8.69. The molecule has 6 heteroatoms. The van der Waals surface area contributed by atoms with Crippen LogP contribution in [-0.4, -0.2) is 32.7 Å². The third-order valence-electron chi connectivity index (χ3n) is 6.02. The van der Waals surface area contributed by atoms with E-state index in [2.05, 4.69) is 18.2 Å². The number of benzene rings is 1. The zero-order valence-corrected chi connectivity index (χ0v) is 16.1. The van der Waals surface area contributed by atoms with Crippen LogP contribution in [0.5, 0.6) is 0 Å². The summed E-state index contributed by atoms with van der Waals surface area (Å²) >= 11 is 1.62. The predicted octanol–water partition coefficient (Wildman–Crippen LogP) is 2.74. The molecule has 1 atom stereocenters. The number of amides is 1. The van der Waals surface area contributed by atoms with Gasteiger partial charge in [-0.1, -0.05) is 36.0 Å². The summed E-state index contributed by atoms with van der Waals surface area (Å²) in [5.41, 5.74) is 4.56. The molecule has 3 heterocycles. The van der Waals surface area contributed by atoms with E-state index in [9.17, 15) is 9.59 Å². The van der Waals surface area contributed by atoms with Gasteiger partial charge in [0.15, 0.2) is 5.16 Å². The van der Waals surface area contributed by atoms with E-state index in [1.165, 1.54) is 11.1 Å². The van der Waals surface area contributed by atoms with Crippen molar-refractivity contribution >= 4 is 17.7 Å². The van der Waals surface area contributed by atoms with E-state index in [4.69, 9.17) is 4.98 Å². The van der Waals surface area contributed by atoms with E-state index in [1.807, 2.05) is 15.5 Å². The number of nitrogens with zero attached hydrogens (tertiary/aromatic N) is 3. The molecule has 0 fully saturated rings. The Morgan fingerprint density at radius 1 is 1.15 bits per heavy atom. The van der Waals surface area contributed by atoms with Crippen LogP contribution in [0.25, 0.3) is 0 Å². The minimum Gasteiger partial charge on any atom is -0.338 e. The Hall–Kier alpha value is -2.08. The third-order valence-corrected chi connectivity index (χ3v) is 7.11. The first kappa shape index (κ1) is 17.0. The first-order valence-corrected chi connectivity index (χ1v) is 10.8. The normalized spacial score (nSPS) is 20.7. The average Bonchev–Trinajstić information content (AvgIpc) is 3.10. The Labute approximate surface area is 162 Å². The molecule has 140 valence electrons. The van der Waals surface area contributed by atoms with Crippen molar-refractivity contribution in [3.63, 3.8) is 0 Å². The van der Waals surface area contributed by atoms with Crippen LogP contribution < -0.4 is 5.56 Å². The van der Waals surface area contributed by atoms with E-state index < -0.39 is 0 Å². The molecule has 2 aliphatic heterocycles. The number of carbonyl (C=O) groups is 1. The van der Waals surface area contributed by atoms with Crippen LogP contribution in [0.15, 0.2) is 34.2 Å². The maximum Gasteiger partial charge on any atom is 0.257 e. The number of fused-ring (bicyclic) bond motifs is 3. The summed E-state index contributed by atoms with van der Waals surface area (Å²) in [6.07, 6.45) is 5.22. The molecule has 1 aromatic heterocycles. The highest BCUT2D eigenvalue weighted by atomic mass is 32.2. The van der Waals surface area contributed by atoms with Gasteiger partial charge in [0.25, 0.3) is 5.56 Å². The summed E-state index contributed by atoms with van der Waals surface area (Å²) in [5, 5.41) is 0.808. The second-order valence-electron chi connectivity index (χ2n) is 7.70. The van der Waals surface area contributed by atoms with Gasteiger partial charge >= 0.3 is 0 Å². The zero-order chi connectivity index (χ0) is 18.4. The Morgan fingerprint density at radius 2 is 1.96 bits per heavy atom. The lowest BCUT2D eigenvalue weighted by Gasteiger charge is -2.30. The predicted molar refractivity (Wildman–Crippen MR) is 105 cm³/mol. The molecule has 0 N–H and O–H groups in total. The van der Waals surface area contributed by atoms with Crippen LogP contribution in [0.4, 0.5) is 0 Å². The van der Waals surface area contributed by atoms with Crippen LogP contribution in [0.2, 0.25) is 0 Å². The van der Waals surface area contributed by atoms with Gasteiger partial charge in [-0.05, 0) is 43.2 Å². The molecule has 5 nitrogen and oxygen atoms in total. The fraction of sp³-hybridized carbons (Fsp3) is 0.476. The minimum atomic E-state index is -0.0677. The van der Waals surface area contributed by atoms with Crippen molar-refractivity contribution in [1.82, 2.24) is 14.5 Å². The van der Waals surface area contributed by atoms with Crippen LogP contribution >= 0.6 is 11.8 Å². The minimum absolute atomic E-state index is 0.0677. The molecule has 0 bridgehead atoms. The number of hydrogen-bond acceptors (Lipinski definition) is 4. The topological polar surface area (TPSA) is 55.2 Å². The van der Waals surface area contributed by atoms with Crippen LogP contribution in [0.3, 0.4) is 0 Å². The Bertz CT molecular complexity index is 968. The van der Waals surface area contributed by atoms with E-state index in [0.29, 0.717) is 13.0 Å². The number of aryl methyl sites for hydroxylation is 1. The molecule has 0 spiro atoms. The Kier molecular flexibility index (Phi) is 4.31. The summed E-state index contributed by atoms with van der Waals surface area (Å²) in [6, 6.07) is 8.28. The average molecular weight is 382 g/mol. The lowest BCUT2D eigenvalue weighted by atomic mass is 9.97. The van der Waals surface area contributed by atoms with E-state index in [1.54, 1.807) is 11.8 Å². The van der Waals surface area contributed by atoms with Gasteiger partial charge in [-0.15, -0.1) is 0 Å². The quantitative estimate of drug-likeness (QED) is 0.751. The maximum absolute atomic E-state index is 13.0. The number of carbonyl (C=O) groups excluding carboxylic acids is 1. The lowest BCUT2D eigenvalue weighted by molar-refractivity contribution is -0.132. The molecule has 1 unspecified atom stereocenters. The van der Waals surface area contributed by atoms with Gasteiger partial charge < -0.3 is 4.90 Å². The fourth-order valence-electron chi connectivity index (χ4n) is 4.50. The highest BCUT2D eigenvalue weighted by Crippen LogP contribution is 2.34. The van der Waals surface area contributed by atoms with Crippen molar-refractivity contribution in [2.45, 2.75) is 56.3 Å². The molecule has 1 amide bonds. The zero-order valence-electron chi connectivity index (χ0n) is 15.3. The van der Waals surface area contributed by atoms with Gasteiger partial charge in [0.05, 0.1) is 11.7 Å². The number of thioether (sulfide) groups is 1. The fourth-order valence-corrected chi connectivity index (χ4v) is 5.66. The van der Waals surface area contributed by atoms with Gasteiger partial charge in [0, 0.05) is 30.8 Å². The van der Waals surface area contributed by atoms with Gasteiger partial charge in [0.1, 0.15) is 0 Å². The summed E-state index contributed by atoms with van der Waals surface area (Å²) in [7, 11) is 0. The van der Waals surface area contributed by atoms with E-state index in [0.717, 1.165) is 60.8 Å². The highest BCUT2D eigenvalue weighted by molar-refractivity contribution is 7.99. The molecule has 27 heavy (non-hydrogen) atoms. The highest BCUT2D eigenvalue weighted by Gasteiger charge is 2.32. The molecule has 1 aliphatic carbocycles. The number of aromatic nitrogens is 2. The van der Waals surface area contributed by atoms with Crippen LogP contribution in [0.1, 0.15) is 47.7 Å². The molecule has 3 aliphatic rings. The SMILES string of the molecule is O=C(CC1CSc2nc3c(c(=O)n21)CCCC3)N1CCc2ccccc2C1.